The van der Waals surface area contributed by atoms with Crippen LogP contribution in [-0.4, -0.2) is 36.2 Å². The van der Waals surface area contributed by atoms with Crippen LogP contribution in [0.15, 0.2) is 18.2 Å². The molecule has 1 aliphatic rings. The van der Waals surface area contributed by atoms with Gasteiger partial charge in [-0.15, -0.1) is 0 Å². The fourth-order valence-corrected chi connectivity index (χ4v) is 3.18. The third-order valence-corrected chi connectivity index (χ3v) is 5.03. The highest BCUT2D eigenvalue weighted by molar-refractivity contribution is 6.42. The number of nitrogens with zero attached hydrogens (tertiary/aromatic N) is 1. The number of hydrogen-bond acceptors (Lipinski definition) is 3. The number of halogens is 2. The molecule has 0 aromatic heterocycles. The minimum absolute atomic E-state index is 0.174. The summed E-state index contributed by atoms with van der Waals surface area (Å²) in [5.41, 5.74) is 6.50. The Hall–Kier alpha value is -0.970. The van der Waals surface area contributed by atoms with E-state index >= 15 is 0 Å². The maximum atomic E-state index is 12.2. The van der Waals surface area contributed by atoms with Crippen LogP contribution in [0.2, 0.25) is 10.0 Å². The first-order valence-electron chi connectivity index (χ1n) is 7.80. The summed E-state index contributed by atoms with van der Waals surface area (Å²) < 4.78 is 5.44. The van der Waals surface area contributed by atoms with E-state index in [1.54, 1.807) is 11.0 Å². The molecule has 0 radical (unpaired) electrons. The van der Waals surface area contributed by atoms with Crippen molar-refractivity contribution in [3.05, 3.63) is 33.8 Å². The zero-order valence-corrected chi connectivity index (χ0v) is 15.4. The van der Waals surface area contributed by atoms with E-state index in [-0.39, 0.29) is 11.5 Å². The Balaban J connectivity index is 2.10. The number of rotatable bonds is 2. The standard InChI is InChI=1S/C17H24Cl2N2O2/c1-16(2,3)23-15(22)21-8-6-17(11-20,7-9-21)12-4-5-13(18)14(19)10-12/h4-5,10H,6-9,11,20H2,1-3H3. The quantitative estimate of drug-likeness (QED) is 0.860. The molecule has 0 bridgehead atoms. The minimum atomic E-state index is -0.483. The van der Waals surface area contributed by atoms with Gasteiger partial charge in [0.1, 0.15) is 5.60 Å². The third kappa shape index (κ3) is 4.31. The first-order chi connectivity index (χ1) is 10.7. The van der Waals surface area contributed by atoms with Gasteiger partial charge in [0, 0.05) is 25.0 Å². The molecule has 1 amide bonds. The van der Waals surface area contributed by atoms with E-state index in [1.807, 2.05) is 32.9 Å². The molecule has 6 heteroatoms. The van der Waals surface area contributed by atoms with E-state index < -0.39 is 5.60 Å². The lowest BCUT2D eigenvalue weighted by atomic mass is 9.73. The first kappa shape index (κ1) is 18.4. The Kier molecular flexibility index (Phi) is 5.49. The number of carbonyl (C=O) groups is 1. The molecule has 1 fully saturated rings. The predicted octanol–water partition coefficient (Wildman–Crippen LogP) is 4.22. The highest BCUT2D eigenvalue weighted by atomic mass is 35.5. The Labute approximate surface area is 147 Å². The molecule has 2 N–H and O–H groups in total. The molecule has 128 valence electrons. The monoisotopic (exact) mass is 358 g/mol. The van der Waals surface area contributed by atoms with E-state index in [9.17, 15) is 4.79 Å². The summed E-state index contributed by atoms with van der Waals surface area (Å²) in [5.74, 6) is 0. The summed E-state index contributed by atoms with van der Waals surface area (Å²) in [6.07, 6.45) is 1.29. The Morgan fingerprint density at radius 3 is 2.35 bits per heavy atom. The van der Waals surface area contributed by atoms with E-state index in [4.69, 9.17) is 33.7 Å². The van der Waals surface area contributed by atoms with Crippen molar-refractivity contribution in [2.45, 2.75) is 44.6 Å². The van der Waals surface area contributed by atoms with Crippen LogP contribution in [0, 0.1) is 0 Å². The minimum Gasteiger partial charge on any atom is -0.444 e. The van der Waals surface area contributed by atoms with Gasteiger partial charge >= 0.3 is 6.09 Å². The average Bonchev–Trinajstić information content (AvgIpc) is 2.48. The second kappa shape index (κ2) is 6.88. The van der Waals surface area contributed by atoms with Crippen molar-refractivity contribution in [1.82, 2.24) is 4.90 Å². The maximum absolute atomic E-state index is 12.2. The van der Waals surface area contributed by atoms with Gasteiger partial charge in [-0.05, 0) is 51.3 Å². The predicted molar refractivity (Wildman–Crippen MR) is 94.2 cm³/mol. The molecule has 0 aliphatic carbocycles. The summed E-state index contributed by atoms with van der Waals surface area (Å²) in [7, 11) is 0. The Bertz CT molecular complexity index is 576. The van der Waals surface area contributed by atoms with Crippen molar-refractivity contribution in [2.24, 2.45) is 5.73 Å². The van der Waals surface area contributed by atoms with Gasteiger partial charge in [-0.1, -0.05) is 29.3 Å². The number of ether oxygens (including phenoxy) is 1. The lowest BCUT2D eigenvalue weighted by Gasteiger charge is -2.41. The van der Waals surface area contributed by atoms with E-state index in [0.29, 0.717) is 29.7 Å². The number of nitrogens with two attached hydrogens (primary N) is 1. The van der Waals surface area contributed by atoms with E-state index in [1.165, 1.54) is 0 Å². The molecule has 0 unspecified atom stereocenters. The SMILES string of the molecule is CC(C)(C)OC(=O)N1CCC(CN)(c2ccc(Cl)c(Cl)c2)CC1. The normalized spacial score (nSPS) is 17.9. The highest BCUT2D eigenvalue weighted by Crippen LogP contribution is 2.37. The summed E-state index contributed by atoms with van der Waals surface area (Å²) in [6.45, 7) is 7.35. The molecule has 1 aliphatic heterocycles. The van der Waals surface area contributed by atoms with Crippen molar-refractivity contribution in [2.75, 3.05) is 19.6 Å². The van der Waals surface area contributed by atoms with Crippen LogP contribution in [0.1, 0.15) is 39.2 Å². The fourth-order valence-electron chi connectivity index (χ4n) is 2.88. The van der Waals surface area contributed by atoms with Gasteiger partial charge in [-0.2, -0.15) is 0 Å². The zero-order valence-electron chi connectivity index (χ0n) is 13.9. The molecular formula is C17H24Cl2N2O2. The van der Waals surface area contributed by atoms with Gasteiger partial charge in [0.2, 0.25) is 0 Å². The fraction of sp³-hybridized carbons (Fsp3) is 0.588. The Morgan fingerprint density at radius 1 is 1.26 bits per heavy atom. The molecule has 23 heavy (non-hydrogen) atoms. The van der Waals surface area contributed by atoms with Crippen LogP contribution in [0.4, 0.5) is 4.79 Å². The average molecular weight is 359 g/mol. The molecule has 1 aromatic rings. The van der Waals surface area contributed by atoms with Crippen LogP contribution in [-0.2, 0) is 10.2 Å². The summed E-state index contributed by atoms with van der Waals surface area (Å²) in [5, 5.41) is 1.07. The number of carbonyl (C=O) groups excluding carboxylic acids is 1. The topological polar surface area (TPSA) is 55.6 Å². The van der Waals surface area contributed by atoms with Gasteiger partial charge in [-0.3, -0.25) is 0 Å². The molecule has 1 heterocycles. The van der Waals surface area contributed by atoms with Gasteiger partial charge < -0.3 is 15.4 Å². The van der Waals surface area contributed by atoms with Crippen molar-refractivity contribution in [3.8, 4) is 0 Å². The number of likely N-dealkylation sites (tertiary alicyclic amines) is 1. The Morgan fingerprint density at radius 2 is 1.87 bits per heavy atom. The number of hydrogen-bond donors (Lipinski definition) is 1. The molecule has 4 nitrogen and oxygen atoms in total. The maximum Gasteiger partial charge on any atom is 0.410 e. The smallest absolute Gasteiger partial charge is 0.410 e. The summed E-state index contributed by atoms with van der Waals surface area (Å²) >= 11 is 12.1. The summed E-state index contributed by atoms with van der Waals surface area (Å²) in [6, 6.07) is 5.67. The highest BCUT2D eigenvalue weighted by Gasteiger charge is 2.37. The van der Waals surface area contributed by atoms with Crippen molar-refractivity contribution in [1.29, 1.82) is 0 Å². The number of benzene rings is 1. The second-order valence-electron chi connectivity index (χ2n) is 7.08. The molecular weight excluding hydrogens is 335 g/mol. The van der Waals surface area contributed by atoms with Gasteiger partial charge in [0.15, 0.2) is 0 Å². The number of amides is 1. The van der Waals surface area contributed by atoms with Crippen LogP contribution in [0.25, 0.3) is 0 Å². The van der Waals surface area contributed by atoms with Crippen molar-refractivity contribution in [3.63, 3.8) is 0 Å². The van der Waals surface area contributed by atoms with Gasteiger partial charge in [0.05, 0.1) is 10.0 Å². The lowest BCUT2D eigenvalue weighted by Crippen LogP contribution is -2.49. The molecule has 0 atom stereocenters. The van der Waals surface area contributed by atoms with Crippen molar-refractivity contribution < 1.29 is 9.53 Å². The zero-order chi connectivity index (χ0) is 17.3. The van der Waals surface area contributed by atoms with Crippen LogP contribution in [0.3, 0.4) is 0 Å². The third-order valence-electron chi connectivity index (χ3n) is 4.29. The molecule has 1 aromatic carbocycles. The van der Waals surface area contributed by atoms with Crippen LogP contribution >= 0.6 is 23.2 Å². The van der Waals surface area contributed by atoms with Gasteiger partial charge in [-0.25, -0.2) is 4.79 Å². The largest absolute Gasteiger partial charge is 0.444 e. The molecule has 0 spiro atoms. The second-order valence-corrected chi connectivity index (χ2v) is 7.90. The molecule has 2 rings (SSSR count). The molecule has 0 saturated carbocycles. The van der Waals surface area contributed by atoms with Gasteiger partial charge in [0.25, 0.3) is 0 Å². The molecule has 1 saturated heterocycles. The lowest BCUT2D eigenvalue weighted by molar-refractivity contribution is 0.0167. The van der Waals surface area contributed by atoms with Crippen LogP contribution < -0.4 is 5.73 Å². The first-order valence-corrected chi connectivity index (χ1v) is 8.56. The summed E-state index contributed by atoms with van der Waals surface area (Å²) in [4.78, 5) is 13.9. The van der Waals surface area contributed by atoms with Crippen molar-refractivity contribution >= 4 is 29.3 Å². The van der Waals surface area contributed by atoms with Crippen LogP contribution in [0.5, 0.6) is 0 Å². The number of piperidine rings is 1. The van der Waals surface area contributed by atoms with E-state index in [0.717, 1.165) is 18.4 Å². The van der Waals surface area contributed by atoms with E-state index in [2.05, 4.69) is 0 Å².